The van der Waals surface area contributed by atoms with E-state index in [1.54, 1.807) is 31.0 Å². The maximum Gasteiger partial charge on any atom is 0.244 e. The molecule has 128 valence electrons. The first-order valence-electron chi connectivity index (χ1n) is 7.81. The lowest BCUT2D eigenvalue weighted by molar-refractivity contribution is 0.414. The number of ether oxygens (including phenoxy) is 1. The molecule has 7 heteroatoms. The predicted octanol–water partition coefficient (Wildman–Crippen LogP) is 3.17. The minimum atomic E-state index is -3.38. The second-order valence-electron chi connectivity index (χ2n) is 5.58. The van der Waals surface area contributed by atoms with Gasteiger partial charge >= 0.3 is 0 Å². The fourth-order valence-electron chi connectivity index (χ4n) is 2.56. The van der Waals surface area contributed by atoms with Gasteiger partial charge in [0.15, 0.2) is 0 Å². The molecule has 0 spiro atoms. The molecule has 2 heterocycles. The van der Waals surface area contributed by atoms with Gasteiger partial charge in [0.05, 0.1) is 12.1 Å². The first-order valence-corrected chi connectivity index (χ1v) is 10.2. The minimum absolute atomic E-state index is 0.276. The van der Waals surface area contributed by atoms with Crippen LogP contribution in [0.1, 0.15) is 18.4 Å². The second kappa shape index (κ2) is 7.55. The van der Waals surface area contributed by atoms with Gasteiger partial charge in [0.1, 0.15) is 10.6 Å². The summed E-state index contributed by atoms with van der Waals surface area (Å²) in [7, 11) is -1.74. The van der Waals surface area contributed by atoms with E-state index >= 15 is 0 Å². The molecule has 0 unspecified atom stereocenters. The number of aromatic nitrogens is 1. The molecule has 1 fully saturated rings. The van der Waals surface area contributed by atoms with Gasteiger partial charge in [-0.2, -0.15) is 4.31 Å². The molecule has 0 atom stereocenters. The van der Waals surface area contributed by atoms with E-state index in [0.29, 0.717) is 13.1 Å². The molecule has 0 saturated carbocycles. The summed E-state index contributed by atoms with van der Waals surface area (Å²) in [6.07, 6.45) is 3.33. The van der Waals surface area contributed by atoms with Crippen LogP contribution in [-0.2, 0) is 15.8 Å². The molecule has 0 radical (unpaired) electrons. The highest BCUT2D eigenvalue weighted by Gasteiger charge is 2.27. The molecule has 1 aliphatic heterocycles. The van der Waals surface area contributed by atoms with Crippen LogP contribution in [0.5, 0.6) is 5.75 Å². The van der Waals surface area contributed by atoms with Crippen LogP contribution in [0.3, 0.4) is 0 Å². The Morgan fingerprint density at radius 2 is 1.83 bits per heavy atom. The molecule has 1 aliphatic rings. The van der Waals surface area contributed by atoms with Crippen LogP contribution in [0.25, 0.3) is 0 Å². The van der Waals surface area contributed by atoms with Gasteiger partial charge in [-0.15, -0.1) is 11.8 Å². The quantitative estimate of drug-likeness (QED) is 0.737. The zero-order chi connectivity index (χ0) is 17.0. The molecule has 0 aliphatic carbocycles. The van der Waals surface area contributed by atoms with E-state index in [9.17, 15) is 8.42 Å². The first-order chi connectivity index (χ1) is 11.6. The highest BCUT2D eigenvalue weighted by Crippen LogP contribution is 2.25. The normalized spacial score (nSPS) is 15.5. The number of thioether (sulfide) groups is 1. The van der Waals surface area contributed by atoms with E-state index in [1.165, 1.54) is 10.5 Å². The fraction of sp³-hybridized carbons (Fsp3) is 0.353. The van der Waals surface area contributed by atoms with E-state index < -0.39 is 10.0 Å². The lowest BCUT2D eigenvalue weighted by Gasteiger charge is -2.15. The number of methoxy groups -OCH3 is 1. The predicted molar refractivity (Wildman–Crippen MR) is 94.8 cm³/mol. The number of rotatable bonds is 6. The summed E-state index contributed by atoms with van der Waals surface area (Å²) >= 11 is 1.58. The molecule has 1 aromatic carbocycles. The number of pyridine rings is 1. The Balaban J connectivity index is 1.63. The maximum atomic E-state index is 12.5. The summed E-state index contributed by atoms with van der Waals surface area (Å²) in [4.78, 5) is 4.57. The zero-order valence-corrected chi connectivity index (χ0v) is 15.1. The van der Waals surface area contributed by atoms with Crippen LogP contribution < -0.4 is 4.74 Å². The average Bonchev–Trinajstić information content (AvgIpc) is 3.16. The van der Waals surface area contributed by atoms with Gasteiger partial charge in [-0.3, -0.25) is 0 Å². The SMILES string of the molecule is COc1ccc(CSc2ccc(S(=O)(=O)N3CCCC3)cn2)cc1. The lowest BCUT2D eigenvalue weighted by Crippen LogP contribution is -2.27. The van der Waals surface area contributed by atoms with E-state index in [-0.39, 0.29) is 4.90 Å². The molecule has 0 N–H and O–H groups in total. The largest absolute Gasteiger partial charge is 0.497 e. The molecule has 5 nitrogen and oxygen atoms in total. The van der Waals surface area contributed by atoms with Crippen molar-refractivity contribution in [1.82, 2.24) is 9.29 Å². The summed E-state index contributed by atoms with van der Waals surface area (Å²) in [5.41, 5.74) is 1.16. The Labute approximate surface area is 147 Å². The number of hydrogen-bond donors (Lipinski definition) is 0. The highest BCUT2D eigenvalue weighted by molar-refractivity contribution is 7.98. The summed E-state index contributed by atoms with van der Waals surface area (Å²) in [5, 5.41) is 0.811. The molecule has 24 heavy (non-hydrogen) atoms. The lowest BCUT2D eigenvalue weighted by atomic mass is 10.2. The van der Waals surface area contributed by atoms with Gasteiger partial charge in [-0.1, -0.05) is 12.1 Å². The zero-order valence-electron chi connectivity index (χ0n) is 13.5. The van der Waals surface area contributed by atoms with Gasteiger partial charge in [0.25, 0.3) is 0 Å². The molecular formula is C17H20N2O3S2. The van der Waals surface area contributed by atoms with E-state index in [1.807, 2.05) is 24.3 Å². The number of sulfonamides is 1. The van der Waals surface area contributed by atoms with Crippen LogP contribution >= 0.6 is 11.8 Å². The van der Waals surface area contributed by atoms with Gasteiger partial charge in [-0.05, 0) is 42.7 Å². The second-order valence-corrected chi connectivity index (χ2v) is 8.51. The molecular weight excluding hydrogens is 344 g/mol. The Bertz CT molecular complexity index is 768. The van der Waals surface area contributed by atoms with Gasteiger partial charge < -0.3 is 4.74 Å². The topological polar surface area (TPSA) is 59.5 Å². The van der Waals surface area contributed by atoms with Gasteiger partial charge in [0, 0.05) is 25.0 Å². The Hall–Kier alpha value is -1.57. The van der Waals surface area contributed by atoms with Crippen molar-refractivity contribution in [2.45, 2.75) is 28.5 Å². The molecule has 0 amide bonds. The van der Waals surface area contributed by atoms with E-state index in [4.69, 9.17) is 4.74 Å². The fourth-order valence-corrected chi connectivity index (χ4v) is 4.82. The van der Waals surface area contributed by atoms with Crippen molar-refractivity contribution in [2.75, 3.05) is 20.2 Å². The van der Waals surface area contributed by atoms with Crippen molar-refractivity contribution in [1.29, 1.82) is 0 Å². The van der Waals surface area contributed by atoms with Crippen LogP contribution in [0, 0.1) is 0 Å². The van der Waals surface area contributed by atoms with Crippen LogP contribution in [0.4, 0.5) is 0 Å². The third kappa shape index (κ3) is 3.91. The molecule has 0 bridgehead atoms. The minimum Gasteiger partial charge on any atom is -0.497 e. The van der Waals surface area contributed by atoms with Gasteiger partial charge in [-0.25, -0.2) is 13.4 Å². The highest BCUT2D eigenvalue weighted by atomic mass is 32.2. The Morgan fingerprint density at radius 3 is 2.42 bits per heavy atom. The van der Waals surface area contributed by atoms with Crippen LogP contribution in [0.15, 0.2) is 52.5 Å². The van der Waals surface area contributed by atoms with Crippen molar-refractivity contribution < 1.29 is 13.2 Å². The summed E-state index contributed by atoms with van der Waals surface area (Å²) in [5.74, 6) is 1.60. The average molecular weight is 364 g/mol. The van der Waals surface area contributed by atoms with Crippen molar-refractivity contribution in [3.8, 4) is 5.75 Å². The Kier molecular flexibility index (Phi) is 5.43. The first kappa shape index (κ1) is 17.3. The molecule has 1 aromatic heterocycles. The number of hydrogen-bond acceptors (Lipinski definition) is 5. The molecule has 1 saturated heterocycles. The van der Waals surface area contributed by atoms with E-state index in [0.717, 1.165) is 34.9 Å². The van der Waals surface area contributed by atoms with Gasteiger partial charge in [0.2, 0.25) is 10.0 Å². The van der Waals surface area contributed by atoms with Crippen molar-refractivity contribution in [2.24, 2.45) is 0 Å². The van der Waals surface area contributed by atoms with Crippen molar-refractivity contribution in [3.05, 3.63) is 48.2 Å². The van der Waals surface area contributed by atoms with Crippen molar-refractivity contribution in [3.63, 3.8) is 0 Å². The standard InChI is InChI=1S/C17H20N2O3S2/c1-22-15-6-4-14(5-7-15)13-23-17-9-8-16(12-18-17)24(20,21)19-10-2-3-11-19/h4-9,12H,2-3,10-11,13H2,1H3. The molecule has 3 rings (SSSR count). The third-order valence-electron chi connectivity index (χ3n) is 3.96. The van der Waals surface area contributed by atoms with Crippen molar-refractivity contribution >= 4 is 21.8 Å². The van der Waals surface area contributed by atoms with Crippen LogP contribution in [0.2, 0.25) is 0 Å². The number of nitrogens with zero attached hydrogens (tertiary/aromatic N) is 2. The summed E-state index contributed by atoms with van der Waals surface area (Å²) in [6.45, 7) is 1.21. The smallest absolute Gasteiger partial charge is 0.244 e. The summed E-state index contributed by atoms with van der Waals surface area (Å²) < 4.78 is 31.6. The van der Waals surface area contributed by atoms with E-state index in [2.05, 4.69) is 4.98 Å². The Morgan fingerprint density at radius 1 is 1.12 bits per heavy atom. The third-order valence-corrected chi connectivity index (χ3v) is 6.85. The number of benzene rings is 1. The van der Waals surface area contributed by atoms with Crippen LogP contribution in [-0.4, -0.2) is 37.9 Å². The molecule has 2 aromatic rings. The maximum absolute atomic E-state index is 12.5. The monoisotopic (exact) mass is 364 g/mol. The summed E-state index contributed by atoms with van der Waals surface area (Å²) in [6, 6.07) is 11.3.